The van der Waals surface area contributed by atoms with Gasteiger partial charge in [-0.25, -0.2) is 0 Å². The first kappa shape index (κ1) is 32.5. The zero-order chi connectivity index (χ0) is 31.6. The minimum atomic E-state index is -3.60. The molecule has 14 heteroatoms. The molecule has 0 radical (unpaired) electrons. The molecular formula is C30H37F4N4O5P. The molecule has 0 N–H and O–H groups in total. The Labute approximate surface area is 253 Å². The zero-order valence-corrected chi connectivity index (χ0v) is 25.7. The van der Waals surface area contributed by atoms with Gasteiger partial charge in [-0.2, -0.15) is 27.5 Å². The summed E-state index contributed by atoms with van der Waals surface area (Å²) in [5.74, 6) is -3.70. The summed E-state index contributed by atoms with van der Waals surface area (Å²) in [4.78, 5) is 34.9. The molecule has 0 aliphatic carbocycles. The quantitative estimate of drug-likeness (QED) is 0.196. The number of amides is 2. The van der Waals surface area contributed by atoms with E-state index in [1.54, 1.807) is 23.6 Å². The highest BCUT2D eigenvalue weighted by Crippen LogP contribution is 2.58. The van der Waals surface area contributed by atoms with E-state index in [1.807, 2.05) is 0 Å². The van der Waals surface area contributed by atoms with Crippen LogP contribution >= 0.6 is 7.60 Å². The SMILES string of the molecule is CCOP(=O)(OCC)C1CC[C@H]2CC[C@@H](c3ccc(F)nc3F)N2C1=O.O=C1CCC[C@H]2CC[C@@H](c3ccc(F)nc3F)N12. The van der Waals surface area contributed by atoms with Crippen LogP contribution in [-0.2, 0) is 23.2 Å². The lowest BCUT2D eigenvalue weighted by atomic mass is 10.0. The van der Waals surface area contributed by atoms with Gasteiger partial charge < -0.3 is 18.8 Å². The van der Waals surface area contributed by atoms with E-state index in [0.717, 1.165) is 37.8 Å². The Bertz CT molecular complexity index is 1420. The monoisotopic (exact) mass is 640 g/mol. The number of pyridine rings is 2. The summed E-state index contributed by atoms with van der Waals surface area (Å²) in [5.41, 5.74) is -0.365. The van der Waals surface area contributed by atoms with Gasteiger partial charge in [0.15, 0.2) is 0 Å². The summed E-state index contributed by atoms with van der Waals surface area (Å²) in [6.45, 7) is 3.73. The Balaban J connectivity index is 0.000000186. The maximum absolute atomic E-state index is 14.2. The average Bonchev–Trinajstić information content (AvgIpc) is 3.60. The molecular weight excluding hydrogens is 603 g/mol. The largest absolute Gasteiger partial charge is 0.343 e. The second-order valence-corrected chi connectivity index (χ2v) is 13.6. The lowest BCUT2D eigenvalue weighted by Crippen LogP contribution is -2.48. The van der Waals surface area contributed by atoms with Crippen LogP contribution in [0.1, 0.15) is 94.8 Å². The fourth-order valence-corrected chi connectivity index (χ4v) is 9.15. The van der Waals surface area contributed by atoms with Crippen molar-refractivity contribution in [1.29, 1.82) is 0 Å². The maximum atomic E-state index is 14.2. The Morgan fingerprint density at radius 3 is 1.77 bits per heavy atom. The van der Waals surface area contributed by atoms with Crippen LogP contribution in [0.2, 0.25) is 0 Å². The Kier molecular flexibility index (Phi) is 10.1. The molecule has 6 heterocycles. The fraction of sp³-hybridized carbons (Fsp3) is 0.600. The highest BCUT2D eigenvalue weighted by atomic mass is 31.2. The molecule has 4 fully saturated rings. The zero-order valence-electron chi connectivity index (χ0n) is 24.8. The molecule has 4 aliphatic rings. The fourth-order valence-electron chi connectivity index (χ4n) is 7.13. The Morgan fingerprint density at radius 1 is 0.750 bits per heavy atom. The van der Waals surface area contributed by atoms with E-state index in [9.17, 15) is 31.7 Å². The third-order valence-electron chi connectivity index (χ3n) is 8.94. The number of rotatable bonds is 7. The Morgan fingerprint density at radius 2 is 1.25 bits per heavy atom. The molecule has 0 bridgehead atoms. The van der Waals surface area contributed by atoms with E-state index < -0.39 is 43.1 Å². The van der Waals surface area contributed by atoms with Crippen LogP contribution in [0.15, 0.2) is 24.3 Å². The summed E-state index contributed by atoms with van der Waals surface area (Å²) in [6, 6.07) is 4.34. The van der Waals surface area contributed by atoms with Gasteiger partial charge in [0, 0.05) is 29.6 Å². The molecule has 0 saturated carbocycles. The predicted octanol–water partition coefficient (Wildman–Crippen LogP) is 6.40. The number of hydrogen-bond donors (Lipinski definition) is 0. The maximum Gasteiger partial charge on any atom is 0.343 e. The normalized spacial score (nSPS) is 26.7. The number of halogens is 4. The number of nitrogens with zero attached hydrogens (tertiary/aromatic N) is 4. The van der Waals surface area contributed by atoms with E-state index in [1.165, 1.54) is 12.1 Å². The van der Waals surface area contributed by atoms with Crippen molar-refractivity contribution < 1.29 is 40.8 Å². The second-order valence-electron chi connectivity index (χ2n) is 11.4. The third-order valence-corrected chi connectivity index (χ3v) is 11.4. The number of carbonyl (C=O) groups excluding carboxylic acids is 2. The number of aromatic nitrogens is 2. The summed E-state index contributed by atoms with van der Waals surface area (Å²) >= 11 is 0. The second kappa shape index (κ2) is 13.6. The first-order valence-electron chi connectivity index (χ1n) is 15.2. The minimum Gasteiger partial charge on any atom is -0.333 e. The van der Waals surface area contributed by atoms with Crippen LogP contribution in [0.4, 0.5) is 17.6 Å². The number of hydrogen-bond acceptors (Lipinski definition) is 7. The predicted molar refractivity (Wildman–Crippen MR) is 151 cm³/mol. The van der Waals surface area contributed by atoms with Gasteiger partial charge in [-0.1, -0.05) is 0 Å². The van der Waals surface area contributed by atoms with Gasteiger partial charge in [-0.3, -0.25) is 14.2 Å². The van der Waals surface area contributed by atoms with Crippen molar-refractivity contribution in [3.63, 3.8) is 0 Å². The van der Waals surface area contributed by atoms with Crippen molar-refractivity contribution in [2.24, 2.45) is 0 Å². The van der Waals surface area contributed by atoms with Crippen LogP contribution in [-0.4, -0.2) is 62.5 Å². The molecule has 0 spiro atoms. The van der Waals surface area contributed by atoms with E-state index in [-0.39, 0.29) is 48.7 Å². The van der Waals surface area contributed by atoms with Crippen LogP contribution in [0, 0.1) is 23.8 Å². The van der Waals surface area contributed by atoms with Crippen molar-refractivity contribution in [2.75, 3.05) is 13.2 Å². The molecule has 6 rings (SSSR count). The van der Waals surface area contributed by atoms with Gasteiger partial charge in [-0.05, 0) is 89.5 Å². The number of fused-ring (bicyclic) bond motifs is 2. The van der Waals surface area contributed by atoms with Gasteiger partial charge >= 0.3 is 7.60 Å². The van der Waals surface area contributed by atoms with Crippen LogP contribution in [0.5, 0.6) is 0 Å². The lowest BCUT2D eigenvalue weighted by Gasteiger charge is -2.39. The van der Waals surface area contributed by atoms with E-state index in [4.69, 9.17) is 9.05 Å². The van der Waals surface area contributed by atoms with E-state index in [0.29, 0.717) is 37.7 Å². The van der Waals surface area contributed by atoms with E-state index in [2.05, 4.69) is 9.97 Å². The molecule has 1 unspecified atom stereocenters. The van der Waals surface area contributed by atoms with Crippen LogP contribution in [0.3, 0.4) is 0 Å². The van der Waals surface area contributed by atoms with Crippen LogP contribution in [0.25, 0.3) is 0 Å². The molecule has 2 aromatic heterocycles. The van der Waals surface area contributed by atoms with Crippen molar-refractivity contribution in [3.8, 4) is 0 Å². The summed E-state index contributed by atoms with van der Waals surface area (Å²) in [7, 11) is -3.60. The van der Waals surface area contributed by atoms with Gasteiger partial charge in [0.1, 0.15) is 5.66 Å². The molecule has 2 amide bonds. The van der Waals surface area contributed by atoms with Gasteiger partial charge in [0.2, 0.25) is 35.6 Å². The summed E-state index contributed by atoms with van der Waals surface area (Å²) in [5, 5.41) is 0. The number of piperidine rings is 2. The van der Waals surface area contributed by atoms with Crippen molar-refractivity contribution in [2.45, 2.75) is 101 Å². The lowest BCUT2D eigenvalue weighted by molar-refractivity contribution is -0.137. The molecule has 2 aromatic rings. The number of carbonyl (C=O) groups is 2. The van der Waals surface area contributed by atoms with Crippen molar-refractivity contribution >= 4 is 19.4 Å². The average molecular weight is 641 g/mol. The van der Waals surface area contributed by atoms with Gasteiger partial charge in [0.25, 0.3) is 0 Å². The molecule has 5 atom stereocenters. The molecule has 4 aliphatic heterocycles. The molecule has 44 heavy (non-hydrogen) atoms. The smallest absolute Gasteiger partial charge is 0.333 e. The van der Waals surface area contributed by atoms with Gasteiger partial charge in [-0.15, -0.1) is 0 Å². The minimum absolute atomic E-state index is 0.0510. The Hall–Kier alpha value is -2.89. The molecule has 240 valence electrons. The molecule has 0 aromatic carbocycles. The summed E-state index contributed by atoms with van der Waals surface area (Å²) < 4.78 is 77.6. The molecule has 9 nitrogen and oxygen atoms in total. The third kappa shape index (κ3) is 6.41. The molecule has 4 saturated heterocycles. The first-order chi connectivity index (χ1) is 21.1. The van der Waals surface area contributed by atoms with Crippen LogP contribution < -0.4 is 0 Å². The van der Waals surface area contributed by atoms with Gasteiger partial charge in [0.05, 0.1) is 25.3 Å². The van der Waals surface area contributed by atoms with Crippen molar-refractivity contribution in [3.05, 3.63) is 59.2 Å². The highest BCUT2D eigenvalue weighted by molar-refractivity contribution is 7.55. The topological polar surface area (TPSA) is 102 Å². The highest BCUT2D eigenvalue weighted by Gasteiger charge is 2.51. The standard InChI is InChI=1S/C17H23F2N2O4P.C13H14F2N2O/c1-3-24-26(23,25-4-2)14-9-6-11-5-8-13(21(11)17(14)22)12-7-10-15(18)20-16(12)19;14-11-7-5-9(13(15)16-11)10-6-4-8-2-1-3-12(18)17(8)10/h7,10-11,13-14H,3-6,8-9H2,1-2H3;5,7-8,10H,1-4,6H2/t11-,13+,14?;8-,10-/m10/s1. The summed E-state index contributed by atoms with van der Waals surface area (Å²) in [6.07, 6.45) is 6.39. The first-order valence-corrected chi connectivity index (χ1v) is 16.8. The van der Waals surface area contributed by atoms with E-state index >= 15 is 0 Å². The van der Waals surface area contributed by atoms with Crippen molar-refractivity contribution in [1.82, 2.24) is 19.8 Å².